The number of halogens is 2. The lowest BCUT2D eigenvalue weighted by atomic mass is 10.2. The van der Waals surface area contributed by atoms with Gasteiger partial charge in [0.2, 0.25) is 0 Å². The van der Waals surface area contributed by atoms with Gasteiger partial charge in [-0.3, -0.25) is 4.68 Å². The van der Waals surface area contributed by atoms with Crippen LogP contribution in [0, 0.1) is 0 Å². The molecule has 2 aromatic rings. The number of rotatable bonds is 5. The van der Waals surface area contributed by atoms with Crippen LogP contribution in [0.2, 0.25) is 5.02 Å². The van der Waals surface area contributed by atoms with Gasteiger partial charge >= 0.3 is 0 Å². The van der Waals surface area contributed by atoms with Crippen LogP contribution in [0.3, 0.4) is 0 Å². The van der Waals surface area contributed by atoms with Gasteiger partial charge in [0, 0.05) is 21.7 Å². The molecule has 3 nitrogen and oxygen atoms in total. The van der Waals surface area contributed by atoms with E-state index in [4.69, 9.17) is 17.3 Å². The monoisotopic (exact) mass is 373 g/mol. The minimum atomic E-state index is -0.0741. The maximum absolute atomic E-state index is 6.32. The van der Waals surface area contributed by atoms with Crippen LogP contribution in [0.15, 0.2) is 39.8 Å². The second-order valence-corrected chi connectivity index (χ2v) is 7.17. The second-order valence-electron chi connectivity index (χ2n) is 4.79. The predicted octanol–water partition coefficient (Wildman–Crippen LogP) is 4.67. The van der Waals surface area contributed by atoms with Gasteiger partial charge in [0.15, 0.2) is 0 Å². The van der Waals surface area contributed by atoms with Crippen LogP contribution < -0.4 is 5.73 Å². The Bertz CT molecular complexity index is 568. The highest BCUT2D eigenvalue weighted by Gasteiger charge is 2.18. The first-order chi connectivity index (χ1) is 9.49. The van der Waals surface area contributed by atoms with Crippen molar-refractivity contribution in [1.29, 1.82) is 0 Å². The Morgan fingerprint density at radius 1 is 1.35 bits per heavy atom. The maximum Gasteiger partial charge on any atom is 0.0705 e. The molecular formula is C14H17BrClN3S. The summed E-state index contributed by atoms with van der Waals surface area (Å²) < 4.78 is 2.94. The fraction of sp³-hybridized carbons (Fsp3) is 0.357. The van der Waals surface area contributed by atoms with Gasteiger partial charge in [-0.1, -0.05) is 11.6 Å². The minimum Gasteiger partial charge on any atom is -0.322 e. The molecule has 0 fully saturated rings. The van der Waals surface area contributed by atoms with E-state index >= 15 is 0 Å². The van der Waals surface area contributed by atoms with E-state index in [0.717, 1.165) is 25.8 Å². The van der Waals surface area contributed by atoms with Crippen LogP contribution in [0.25, 0.3) is 0 Å². The molecule has 0 amide bonds. The molecule has 1 aromatic carbocycles. The number of nitrogens with two attached hydrogens (primary N) is 1. The molecular weight excluding hydrogens is 358 g/mol. The van der Waals surface area contributed by atoms with E-state index < -0.39 is 0 Å². The quantitative estimate of drug-likeness (QED) is 0.773. The van der Waals surface area contributed by atoms with Crippen LogP contribution in [-0.2, 0) is 0 Å². The molecule has 108 valence electrons. The Morgan fingerprint density at radius 2 is 2.00 bits per heavy atom. The van der Waals surface area contributed by atoms with Crippen LogP contribution in [0.4, 0.5) is 0 Å². The summed E-state index contributed by atoms with van der Waals surface area (Å²) in [6.07, 6.45) is 1.81. The fourth-order valence-corrected chi connectivity index (χ4v) is 3.46. The molecule has 2 rings (SSSR count). The van der Waals surface area contributed by atoms with Gasteiger partial charge in [0.25, 0.3) is 0 Å². The molecule has 6 heteroatoms. The summed E-state index contributed by atoms with van der Waals surface area (Å²) >= 11 is 11.1. The minimum absolute atomic E-state index is 0.0741. The van der Waals surface area contributed by atoms with Gasteiger partial charge in [0.1, 0.15) is 0 Å². The topological polar surface area (TPSA) is 43.8 Å². The fourth-order valence-electron chi connectivity index (χ4n) is 1.90. The lowest BCUT2D eigenvalue weighted by molar-refractivity contribution is 0.494. The average Bonchev–Trinajstić information content (AvgIpc) is 2.80. The van der Waals surface area contributed by atoms with E-state index in [-0.39, 0.29) is 6.04 Å². The van der Waals surface area contributed by atoms with E-state index in [2.05, 4.69) is 34.9 Å². The van der Waals surface area contributed by atoms with E-state index in [1.807, 2.05) is 35.1 Å². The zero-order chi connectivity index (χ0) is 14.7. The Kier molecular flexibility index (Phi) is 5.55. The molecule has 1 heterocycles. The standard InChI is InChI=1S/C14H17BrClN3S/c1-9(2)19-14(12(15)7-18-19)13(17)8-20-11-5-3-10(16)4-6-11/h3-7,9,13H,8,17H2,1-2H3. The molecule has 20 heavy (non-hydrogen) atoms. The van der Waals surface area contributed by atoms with Crippen molar-refractivity contribution >= 4 is 39.3 Å². The molecule has 0 aliphatic heterocycles. The molecule has 0 saturated carbocycles. The van der Waals surface area contributed by atoms with Crippen molar-refractivity contribution in [2.45, 2.75) is 30.8 Å². The summed E-state index contributed by atoms with van der Waals surface area (Å²) in [5.41, 5.74) is 7.36. The largest absolute Gasteiger partial charge is 0.322 e. The number of benzene rings is 1. The summed E-state index contributed by atoms with van der Waals surface area (Å²) in [6.45, 7) is 4.20. The normalized spacial score (nSPS) is 12.9. The number of hydrogen-bond acceptors (Lipinski definition) is 3. The highest BCUT2D eigenvalue weighted by Crippen LogP contribution is 2.29. The van der Waals surface area contributed by atoms with Crippen molar-refractivity contribution in [1.82, 2.24) is 9.78 Å². The molecule has 0 aliphatic carbocycles. The van der Waals surface area contributed by atoms with Gasteiger partial charge < -0.3 is 5.73 Å². The smallest absolute Gasteiger partial charge is 0.0705 e. The highest BCUT2D eigenvalue weighted by molar-refractivity contribution is 9.10. The number of aromatic nitrogens is 2. The third kappa shape index (κ3) is 3.79. The summed E-state index contributed by atoms with van der Waals surface area (Å²) in [5.74, 6) is 0.790. The maximum atomic E-state index is 6.32. The molecule has 1 aromatic heterocycles. The van der Waals surface area contributed by atoms with E-state index in [1.165, 1.54) is 0 Å². The van der Waals surface area contributed by atoms with E-state index in [0.29, 0.717) is 6.04 Å². The first-order valence-corrected chi connectivity index (χ1v) is 8.51. The van der Waals surface area contributed by atoms with Crippen molar-refractivity contribution in [3.8, 4) is 0 Å². The molecule has 0 radical (unpaired) electrons. The van der Waals surface area contributed by atoms with Gasteiger partial charge in [-0.15, -0.1) is 11.8 Å². The van der Waals surface area contributed by atoms with Gasteiger partial charge in [-0.05, 0) is 54.0 Å². The summed E-state index contributed by atoms with van der Waals surface area (Å²) in [5, 5.41) is 5.12. The molecule has 0 saturated heterocycles. The number of thioether (sulfide) groups is 1. The third-order valence-electron chi connectivity index (χ3n) is 2.87. The predicted molar refractivity (Wildman–Crippen MR) is 89.4 cm³/mol. The van der Waals surface area contributed by atoms with Crippen molar-refractivity contribution in [3.63, 3.8) is 0 Å². The lowest BCUT2D eigenvalue weighted by Crippen LogP contribution is -2.20. The lowest BCUT2D eigenvalue weighted by Gasteiger charge is -2.17. The Balaban J connectivity index is 2.07. The molecule has 1 unspecified atom stereocenters. The van der Waals surface area contributed by atoms with Crippen LogP contribution in [0.1, 0.15) is 31.6 Å². The Morgan fingerprint density at radius 3 is 2.60 bits per heavy atom. The Hall–Kier alpha value is -0.490. The number of hydrogen-bond donors (Lipinski definition) is 1. The SMILES string of the molecule is CC(C)n1ncc(Br)c1C(N)CSc1ccc(Cl)cc1. The molecule has 1 atom stereocenters. The first kappa shape index (κ1) is 15.9. The highest BCUT2D eigenvalue weighted by atomic mass is 79.9. The van der Waals surface area contributed by atoms with Crippen molar-refractivity contribution in [2.75, 3.05) is 5.75 Å². The van der Waals surface area contributed by atoms with Gasteiger partial charge in [-0.25, -0.2) is 0 Å². The van der Waals surface area contributed by atoms with Crippen molar-refractivity contribution in [3.05, 3.63) is 45.7 Å². The molecule has 2 N–H and O–H groups in total. The summed E-state index contributed by atoms with van der Waals surface area (Å²) in [7, 11) is 0. The third-order valence-corrected chi connectivity index (χ3v) is 4.86. The van der Waals surface area contributed by atoms with Crippen molar-refractivity contribution in [2.24, 2.45) is 5.73 Å². The van der Waals surface area contributed by atoms with Gasteiger partial charge in [-0.2, -0.15) is 5.10 Å². The van der Waals surface area contributed by atoms with Crippen LogP contribution >= 0.6 is 39.3 Å². The van der Waals surface area contributed by atoms with Crippen LogP contribution in [-0.4, -0.2) is 15.5 Å². The summed E-state index contributed by atoms with van der Waals surface area (Å²) in [6, 6.07) is 8.02. The molecule has 0 bridgehead atoms. The number of nitrogens with zero attached hydrogens (tertiary/aromatic N) is 2. The zero-order valence-corrected chi connectivity index (χ0v) is 14.5. The zero-order valence-electron chi connectivity index (χ0n) is 11.4. The second kappa shape index (κ2) is 6.98. The Labute approximate surface area is 137 Å². The molecule has 0 spiro atoms. The van der Waals surface area contributed by atoms with Gasteiger partial charge in [0.05, 0.1) is 22.4 Å². The van der Waals surface area contributed by atoms with E-state index in [9.17, 15) is 0 Å². The average molecular weight is 375 g/mol. The summed E-state index contributed by atoms with van der Waals surface area (Å²) in [4.78, 5) is 1.16. The van der Waals surface area contributed by atoms with E-state index in [1.54, 1.807) is 11.8 Å². The first-order valence-electron chi connectivity index (χ1n) is 6.36. The molecule has 0 aliphatic rings. The van der Waals surface area contributed by atoms with Crippen LogP contribution in [0.5, 0.6) is 0 Å². The van der Waals surface area contributed by atoms with Crippen molar-refractivity contribution < 1.29 is 0 Å².